The predicted molar refractivity (Wildman–Crippen MR) is 129 cm³/mol. The number of thioether (sulfide) groups is 2. The lowest BCUT2D eigenvalue weighted by molar-refractivity contribution is -0.123. The highest BCUT2D eigenvalue weighted by atomic mass is 32.2. The minimum Gasteiger partial charge on any atom is -0.495 e. The van der Waals surface area contributed by atoms with Crippen LogP contribution in [0.3, 0.4) is 0 Å². The van der Waals surface area contributed by atoms with E-state index in [9.17, 15) is 14.4 Å². The molecule has 2 aromatic heterocycles. The largest absolute Gasteiger partial charge is 0.495 e. The number of rotatable bonds is 9. The second kappa shape index (κ2) is 11.0. The summed E-state index contributed by atoms with van der Waals surface area (Å²) in [7, 11) is 1.58. The molecule has 0 unspecified atom stereocenters. The molecule has 34 heavy (non-hydrogen) atoms. The number of hydrogen-bond donors (Lipinski definition) is 1. The van der Waals surface area contributed by atoms with Crippen LogP contribution in [0.5, 0.6) is 5.75 Å². The Morgan fingerprint density at radius 3 is 2.88 bits per heavy atom. The number of para-hydroxylation sites is 2. The van der Waals surface area contributed by atoms with Crippen molar-refractivity contribution in [2.75, 3.05) is 26.0 Å². The molecule has 4 rings (SSSR count). The topological polar surface area (TPSA) is 119 Å². The van der Waals surface area contributed by atoms with Crippen molar-refractivity contribution in [1.29, 1.82) is 0 Å². The van der Waals surface area contributed by atoms with Crippen molar-refractivity contribution in [3.05, 3.63) is 65.6 Å². The van der Waals surface area contributed by atoms with Crippen LogP contribution in [0.1, 0.15) is 5.56 Å². The van der Waals surface area contributed by atoms with Crippen LogP contribution in [0.25, 0.3) is 11.8 Å². The molecule has 3 aromatic rings. The summed E-state index contributed by atoms with van der Waals surface area (Å²) in [6, 6.07) is 11.0. The fraction of sp³-hybridized carbons (Fsp3) is 0.182. The lowest BCUT2D eigenvalue weighted by Gasteiger charge is -2.13. The Labute approximate surface area is 203 Å². The molecule has 0 atom stereocenters. The monoisotopic (exact) mass is 496 g/mol. The quantitative estimate of drug-likeness (QED) is 0.352. The molecule has 1 fully saturated rings. The van der Waals surface area contributed by atoms with Gasteiger partial charge in [0.25, 0.3) is 11.1 Å². The number of nitrogens with zero attached hydrogens (tertiary/aromatic N) is 5. The number of benzene rings is 1. The van der Waals surface area contributed by atoms with Crippen molar-refractivity contribution in [2.45, 2.75) is 5.16 Å². The Kier molecular flexibility index (Phi) is 7.60. The molecule has 1 aromatic carbocycles. The van der Waals surface area contributed by atoms with E-state index in [1.807, 2.05) is 24.3 Å². The molecule has 3 heterocycles. The van der Waals surface area contributed by atoms with Gasteiger partial charge in [0.2, 0.25) is 5.91 Å². The van der Waals surface area contributed by atoms with Gasteiger partial charge >= 0.3 is 0 Å². The molecule has 1 saturated heterocycles. The summed E-state index contributed by atoms with van der Waals surface area (Å²) in [5.74, 6) is 0.115. The molecule has 1 aliphatic heterocycles. The first kappa shape index (κ1) is 23.5. The number of methoxy groups -OCH3 is 1. The molecule has 12 heteroatoms. The maximum absolute atomic E-state index is 12.6. The molecule has 0 bridgehead atoms. The minimum absolute atomic E-state index is 0.0862. The first-order valence-electron chi connectivity index (χ1n) is 10.1. The molecule has 0 aliphatic carbocycles. The van der Waals surface area contributed by atoms with Gasteiger partial charge in [-0.1, -0.05) is 30.0 Å². The highest BCUT2D eigenvalue weighted by molar-refractivity contribution is 8.18. The van der Waals surface area contributed by atoms with Crippen molar-refractivity contribution < 1.29 is 19.1 Å². The third-order valence-corrected chi connectivity index (χ3v) is 6.56. The van der Waals surface area contributed by atoms with Crippen molar-refractivity contribution in [2.24, 2.45) is 0 Å². The number of nitrogens with one attached hydrogen (secondary N) is 1. The van der Waals surface area contributed by atoms with Crippen LogP contribution < -0.4 is 10.1 Å². The van der Waals surface area contributed by atoms with Gasteiger partial charge in [-0.15, -0.1) is 10.2 Å². The van der Waals surface area contributed by atoms with E-state index >= 15 is 0 Å². The van der Waals surface area contributed by atoms with Crippen molar-refractivity contribution >= 4 is 46.7 Å². The average Bonchev–Trinajstić information content (AvgIpc) is 3.43. The minimum atomic E-state index is -0.382. The number of carbonyl (C=O) groups is 3. The Balaban J connectivity index is 1.28. The summed E-state index contributed by atoms with van der Waals surface area (Å²) in [6.07, 6.45) is 6.43. The summed E-state index contributed by atoms with van der Waals surface area (Å²) in [4.78, 5) is 42.6. The van der Waals surface area contributed by atoms with Gasteiger partial charge in [-0.05, 0) is 41.6 Å². The van der Waals surface area contributed by atoms with Crippen LogP contribution in [0.15, 0.2) is 65.2 Å². The van der Waals surface area contributed by atoms with Crippen molar-refractivity contribution in [3.8, 4) is 11.4 Å². The number of pyridine rings is 1. The zero-order valence-electron chi connectivity index (χ0n) is 18.1. The number of amides is 3. The van der Waals surface area contributed by atoms with Gasteiger partial charge in [0.1, 0.15) is 12.1 Å². The standard InChI is InChI=1S/C22H20N6O4S2/c1-32-17-7-3-2-6-16(17)28-14-25-26-21(28)33-13-19(29)24-9-10-27-20(30)18(34-22(27)31)11-15-5-4-8-23-12-15/h2-8,11-12,14H,9-10,13H2,1H3,(H,24,29)/b18-11+. The average molecular weight is 497 g/mol. The first-order chi connectivity index (χ1) is 16.6. The Bertz CT molecular complexity index is 1230. The van der Waals surface area contributed by atoms with Gasteiger partial charge in [0.05, 0.1) is 23.5 Å². The van der Waals surface area contributed by atoms with Gasteiger partial charge in [-0.2, -0.15) is 0 Å². The zero-order chi connectivity index (χ0) is 23.9. The van der Waals surface area contributed by atoms with Crippen LogP contribution in [0, 0.1) is 0 Å². The third-order valence-electron chi connectivity index (χ3n) is 4.71. The molecule has 1 aliphatic rings. The van der Waals surface area contributed by atoms with Crippen LogP contribution >= 0.6 is 23.5 Å². The Morgan fingerprint density at radius 2 is 2.09 bits per heavy atom. The molecule has 0 spiro atoms. The molecule has 1 N–H and O–H groups in total. The third kappa shape index (κ3) is 5.46. The number of carbonyl (C=O) groups excluding carboxylic acids is 3. The van der Waals surface area contributed by atoms with Crippen LogP contribution in [0.2, 0.25) is 0 Å². The summed E-state index contributed by atoms with van der Waals surface area (Å²) in [6.45, 7) is 0.236. The summed E-state index contributed by atoms with van der Waals surface area (Å²) in [5.41, 5.74) is 1.50. The fourth-order valence-electron chi connectivity index (χ4n) is 3.11. The van der Waals surface area contributed by atoms with E-state index < -0.39 is 0 Å². The molecule has 0 saturated carbocycles. The van der Waals surface area contributed by atoms with Gasteiger partial charge in [-0.25, -0.2) is 0 Å². The number of ether oxygens (including phenoxy) is 1. The SMILES string of the molecule is COc1ccccc1-n1cnnc1SCC(=O)NCCN1C(=O)S/C(=C/c2cccnc2)C1=O. The lowest BCUT2D eigenvalue weighted by atomic mass is 10.2. The molecule has 174 valence electrons. The van der Waals surface area contributed by atoms with Crippen molar-refractivity contribution in [3.63, 3.8) is 0 Å². The highest BCUT2D eigenvalue weighted by Crippen LogP contribution is 2.31. The number of hydrogen-bond acceptors (Lipinski definition) is 9. The molecule has 0 radical (unpaired) electrons. The molecular weight excluding hydrogens is 476 g/mol. The van der Waals surface area contributed by atoms with E-state index in [1.54, 1.807) is 48.6 Å². The molecular formula is C22H20N6O4S2. The summed E-state index contributed by atoms with van der Waals surface area (Å²) >= 11 is 2.09. The Hall–Kier alpha value is -3.64. The van der Waals surface area contributed by atoms with Crippen molar-refractivity contribution in [1.82, 2.24) is 30.0 Å². The van der Waals surface area contributed by atoms with E-state index in [1.165, 1.54) is 11.8 Å². The van der Waals surface area contributed by atoms with Crippen LogP contribution in [-0.4, -0.2) is 67.7 Å². The first-order valence-corrected chi connectivity index (χ1v) is 12.0. The van der Waals surface area contributed by atoms with E-state index in [4.69, 9.17) is 4.74 Å². The van der Waals surface area contributed by atoms with E-state index in [0.29, 0.717) is 15.8 Å². The second-order valence-electron chi connectivity index (χ2n) is 6.91. The smallest absolute Gasteiger partial charge is 0.293 e. The zero-order valence-corrected chi connectivity index (χ0v) is 19.7. The van der Waals surface area contributed by atoms with E-state index in [2.05, 4.69) is 20.5 Å². The second-order valence-corrected chi connectivity index (χ2v) is 8.85. The Morgan fingerprint density at radius 1 is 1.24 bits per heavy atom. The van der Waals surface area contributed by atoms with Gasteiger partial charge < -0.3 is 10.1 Å². The number of aromatic nitrogens is 4. The van der Waals surface area contributed by atoms with Gasteiger partial charge in [0, 0.05) is 25.5 Å². The van der Waals surface area contributed by atoms with Crippen LogP contribution in [0.4, 0.5) is 4.79 Å². The summed E-state index contributed by atoms with van der Waals surface area (Å²) < 4.78 is 7.12. The highest BCUT2D eigenvalue weighted by Gasteiger charge is 2.34. The van der Waals surface area contributed by atoms with Gasteiger partial charge in [0.15, 0.2) is 5.16 Å². The molecule has 10 nitrogen and oxygen atoms in total. The van der Waals surface area contributed by atoms with E-state index in [-0.39, 0.29) is 35.9 Å². The van der Waals surface area contributed by atoms with E-state index in [0.717, 1.165) is 27.9 Å². The molecule has 3 amide bonds. The predicted octanol–water partition coefficient (Wildman–Crippen LogP) is 2.62. The summed E-state index contributed by atoms with van der Waals surface area (Å²) in [5, 5.41) is 10.9. The maximum atomic E-state index is 12.6. The number of imide groups is 1. The van der Waals surface area contributed by atoms with Crippen LogP contribution in [-0.2, 0) is 9.59 Å². The normalized spacial score (nSPS) is 14.6. The lowest BCUT2D eigenvalue weighted by Crippen LogP contribution is -2.37. The fourth-order valence-corrected chi connectivity index (χ4v) is 4.73. The van der Waals surface area contributed by atoms with Gasteiger partial charge in [-0.3, -0.25) is 28.8 Å². The maximum Gasteiger partial charge on any atom is 0.293 e.